The lowest BCUT2D eigenvalue weighted by Gasteiger charge is -2.13. The molecule has 0 bridgehead atoms. The Kier molecular flexibility index (Phi) is 9.64. The van der Waals surface area contributed by atoms with Crippen LogP contribution in [-0.4, -0.2) is 37.9 Å². The first-order valence-corrected chi connectivity index (χ1v) is 8.78. The van der Waals surface area contributed by atoms with Crippen LogP contribution >= 0.6 is 39.9 Å². The van der Waals surface area contributed by atoms with E-state index in [0.717, 1.165) is 16.0 Å². The molecule has 0 aliphatic heterocycles. The van der Waals surface area contributed by atoms with Crippen molar-refractivity contribution in [3.8, 4) is 0 Å². The number of rotatable bonds is 5. The van der Waals surface area contributed by atoms with Crippen LogP contribution in [0, 0.1) is 0 Å². The number of guanidine groups is 1. The second-order valence-corrected chi connectivity index (χ2v) is 6.72. The first-order chi connectivity index (χ1) is 12.0. The summed E-state index contributed by atoms with van der Waals surface area (Å²) in [6.07, 6.45) is 0. The Labute approximate surface area is 180 Å². The fourth-order valence-electron chi connectivity index (χ4n) is 2.22. The summed E-state index contributed by atoms with van der Waals surface area (Å²) >= 11 is 3.43. The maximum atomic E-state index is 11.9. The predicted molar refractivity (Wildman–Crippen MR) is 121 cm³/mol. The molecule has 2 rings (SSSR count). The van der Waals surface area contributed by atoms with Crippen molar-refractivity contribution in [2.75, 3.05) is 21.1 Å². The van der Waals surface area contributed by atoms with Crippen LogP contribution in [0.3, 0.4) is 0 Å². The highest BCUT2D eigenvalue weighted by Gasteiger charge is 2.07. The van der Waals surface area contributed by atoms with Gasteiger partial charge in [0.2, 0.25) is 0 Å². The minimum Gasteiger partial charge on any atom is -0.352 e. The second kappa shape index (κ2) is 11.2. The van der Waals surface area contributed by atoms with E-state index in [2.05, 4.69) is 43.7 Å². The zero-order valence-corrected chi connectivity index (χ0v) is 19.0. The number of aliphatic imine (C=N–C) groups is 1. The number of hydrogen-bond donors (Lipinski definition) is 2. The van der Waals surface area contributed by atoms with Crippen LogP contribution in [0.15, 0.2) is 58.0 Å². The highest BCUT2D eigenvalue weighted by molar-refractivity contribution is 14.0. The Morgan fingerprint density at radius 2 is 1.42 bits per heavy atom. The molecule has 0 unspecified atom stereocenters. The van der Waals surface area contributed by atoms with Gasteiger partial charge in [-0.1, -0.05) is 40.2 Å². The molecule has 0 fully saturated rings. The predicted octanol–water partition coefficient (Wildman–Crippen LogP) is 3.63. The van der Waals surface area contributed by atoms with Gasteiger partial charge in [0.25, 0.3) is 5.91 Å². The molecular formula is C19H24BrIN4O. The molecular weight excluding hydrogens is 507 g/mol. The summed E-state index contributed by atoms with van der Waals surface area (Å²) in [6.45, 7) is 1.33. The van der Waals surface area contributed by atoms with E-state index in [4.69, 9.17) is 0 Å². The Balaban J connectivity index is 0.00000338. The quantitative estimate of drug-likeness (QED) is 0.352. The maximum Gasteiger partial charge on any atom is 0.253 e. The molecule has 0 saturated heterocycles. The Morgan fingerprint density at radius 3 is 1.85 bits per heavy atom. The molecule has 26 heavy (non-hydrogen) atoms. The molecule has 2 N–H and O–H groups in total. The van der Waals surface area contributed by atoms with E-state index in [9.17, 15) is 4.79 Å². The molecule has 0 radical (unpaired) electrons. The van der Waals surface area contributed by atoms with Gasteiger partial charge in [-0.25, -0.2) is 0 Å². The van der Waals surface area contributed by atoms with Crippen molar-refractivity contribution < 1.29 is 4.79 Å². The van der Waals surface area contributed by atoms with E-state index in [1.165, 1.54) is 5.56 Å². The van der Waals surface area contributed by atoms with Crippen molar-refractivity contribution in [1.29, 1.82) is 0 Å². The third-order valence-corrected chi connectivity index (χ3v) is 4.19. The number of halogens is 2. The maximum absolute atomic E-state index is 11.9. The van der Waals surface area contributed by atoms with Gasteiger partial charge in [0, 0.05) is 44.3 Å². The smallest absolute Gasteiger partial charge is 0.253 e. The van der Waals surface area contributed by atoms with Gasteiger partial charge in [-0.15, -0.1) is 24.0 Å². The Morgan fingerprint density at radius 1 is 0.962 bits per heavy atom. The molecule has 0 saturated carbocycles. The first kappa shape index (κ1) is 22.4. The molecule has 0 spiro atoms. The molecule has 0 aliphatic rings. The minimum absolute atomic E-state index is 0. The number of nitrogens with zero attached hydrogens (tertiary/aromatic N) is 2. The van der Waals surface area contributed by atoms with Gasteiger partial charge in [-0.3, -0.25) is 9.79 Å². The van der Waals surface area contributed by atoms with Gasteiger partial charge in [0.1, 0.15) is 0 Å². The molecule has 5 nitrogen and oxygen atoms in total. The summed E-state index contributed by atoms with van der Waals surface area (Å²) < 4.78 is 1.06. The van der Waals surface area contributed by atoms with Gasteiger partial charge in [-0.05, 0) is 35.4 Å². The number of hydrogen-bond acceptors (Lipinski definition) is 2. The number of amides is 1. The van der Waals surface area contributed by atoms with Crippen LogP contribution in [0.1, 0.15) is 21.5 Å². The van der Waals surface area contributed by atoms with E-state index in [1.807, 2.05) is 36.4 Å². The Hall–Kier alpha value is -1.61. The molecule has 0 aromatic heterocycles. The van der Waals surface area contributed by atoms with Gasteiger partial charge < -0.3 is 15.5 Å². The molecule has 7 heteroatoms. The summed E-state index contributed by atoms with van der Waals surface area (Å²) in [4.78, 5) is 17.7. The highest BCUT2D eigenvalue weighted by atomic mass is 127. The zero-order valence-electron chi connectivity index (χ0n) is 15.1. The molecule has 0 aliphatic carbocycles. The summed E-state index contributed by atoms with van der Waals surface area (Å²) in [5.41, 5.74) is 2.95. The van der Waals surface area contributed by atoms with E-state index >= 15 is 0 Å². The highest BCUT2D eigenvalue weighted by Crippen LogP contribution is 2.10. The summed E-state index contributed by atoms with van der Waals surface area (Å²) in [5, 5.41) is 6.56. The number of nitrogens with one attached hydrogen (secondary N) is 2. The lowest BCUT2D eigenvalue weighted by molar-refractivity contribution is 0.0827. The van der Waals surface area contributed by atoms with E-state index < -0.39 is 0 Å². The summed E-state index contributed by atoms with van der Waals surface area (Å²) in [5.74, 6) is 0.739. The molecule has 2 aromatic rings. The standard InChI is InChI=1S/C19H23BrN4O.HI/c1-21-19(23-13-15-6-10-17(20)11-7-15)22-12-14-4-8-16(9-5-14)18(25)24(2)3;/h4-11H,12-13H2,1-3H3,(H2,21,22,23);1H. The van der Waals surface area contributed by atoms with E-state index in [0.29, 0.717) is 18.7 Å². The van der Waals surface area contributed by atoms with Gasteiger partial charge >= 0.3 is 0 Å². The normalized spacial score (nSPS) is 10.7. The lowest BCUT2D eigenvalue weighted by atomic mass is 10.1. The number of benzene rings is 2. The van der Waals surface area contributed by atoms with Crippen LogP contribution in [0.5, 0.6) is 0 Å². The first-order valence-electron chi connectivity index (χ1n) is 7.99. The molecule has 0 heterocycles. The third-order valence-electron chi connectivity index (χ3n) is 3.66. The van der Waals surface area contributed by atoms with Gasteiger partial charge in [-0.2, -0.15) is 0 Å². The zero-order chi connectivity index (χ0) is 18.2. The number of carbonyl (C=O) groups is 1. The van der Waals surface area contributed by atoms with Crippen molar-refractivity contribution in [3.63, 3.8) is 0 Å². The topological polar surface area (TPSA) is 56.7 Å². The SMILES string of the molecule is CN=C(NCc1ccc(Br)cc1)NCc1ccc(C(=O)N(C)C)cc1.I. The van der Waals surface area contributed by atoms with Crippen LogP contribution in [-0.2, 0) is 13.1 Å². The van der Waals surface area contributed by atoms with E-state index in [-0.39, 0.29) is 29.9 Å². The molecule has 0 atom stereocenters. The molecule has 1 amide bonds. The van der Waals surface area contributed by atoms with Gasteiger partial charge in [0.05, 0.1) is 0 Å². The van der Waals surface area contributed by atoms with Crippen LogP contribution in [0.25, 0.3) is 0 Å². The Bertz CT molecular complexity index is 730. The van der Waals surface area contributed by atoms with Crippen molar-refractivity contribution in [2.24, 2.45) is 4.99 Å². The largest absolute Gasteiger partial charge is 0.352 e. The monoisotopic (exact) mass is 530 g/mol. The fourth-order valence-corrected chi connectivity index (χ4v) is 2.48. The summed E-state index contributed by atoms with van der Waals surface area (Å²) in [7, 11) is 5.24. The molecule has 140 valence electrons. The number of carbonyl (C=O) groups excluding carboxylic acids is 1. The van der Waals surface area contributed by atoms with Crippen molar-refractivity contribution in [1.82, 2.24) is 15.5 Å². The van der Waals surface area contributed by atoms with Crippen LogP contribution in [0.4, 0.5) is 0 Å². The van der Waals surface area contributed by atoms with Gasteiger partial charge in [0.15, 0.2) is 5.96 Å². The fraction of sp³-hybridized carbons (Fsp3) is 0.263. The molecule has 2 aromatic carbocycles. The van der Waals surface area contributed by atoms with E-state index in [1.54, 1.807) is 26.0 Å². The lowest BCUT2D eigenvalue weighted by Crippen LogP contribution is -2.36. The van der Waals surface area contributed by atoms with Crippen LogP contribution in [0.2, 0.25) is 0 Å². The third kappa shape index (κ3) is 6.95. The van der Waals surface area contributed by atoms with Crippen molar-refractivity contribution >= 4 is 51.8 Å². The van der Waals surface area contributed by atoms with Crippen molar-refractivity contribution in [2.45, 2.75) is 13.1 Å². The average Bonchev–Trinajstić information content (AvgIpc) is 2.63. The van der Waals surface area contributed by atoms with Crippen molar-refractivity contribution in [3.05, 3.63) is 69.7 Å². The summed E-state index contributed by atoms with van der Waals surface area (Å²) in [6, 6.07) is 15.7. The average molecular weight is 531 g/mol. The van der Waals surface area contributed by atoms with Crippen LogP contribution < -0.4 is 10.6 Å². The minimum atomic E-state index is 0. The second-order valence-electron chi connectivity index (χ2n) is 5.80.